The molecule has 1 aromatic heterocycles. The van der Waals surface area contributed by atoms with Gasteiger partial charge in [-0.2, -0.15) is 0 Å². The van der Waals surface area contributed by atoms with Crippen molar-refractivity contribution in [2.24, 2.45) is 0 Å². The Balaban J connectivity index is 1.53. The molecular formula is C16H18N4O2S2. The molecular weight excluding hydrogens is 344 g/mol. The van der Waals surface area contributed by atoms with E-state index >= 15 is 0 Å². The van der Waals surface area contributed by atoms with Crippen LogP contribution in [0.5, 0.6) is 0 Å². The number of carbonyl (C=O) groups is 2. The molecule has 24 heavy (non-hydrogen) atoms. The summed E-state index contributed by atoms with van der Waals surface area (Å²) in [7, 11) is 0. The molecule has 2 heterocycles. The molecule has 1 N–H and O–H groups in total. The Morgan fingerprint density at radius 3 is 2.62 bits per heavy atom. The third kappa shape index (κ3) is 3.93. The highest BCUT2D eigenvalue weighted by atomic mass is 32.2. The summed E-state index contributed by atoms with van der Waals surface area (Å²) in [5, 5.41) is 12.2. The van der Waals surface area contributed by atoms with Gasteiger partial charge in [-0.25, -0.2) is 0 Å². The Morgan fingerprint density at radius 2 is 1.92 bits per heavy atom. The maximum Gasteiger partial charge on any atom is 0.229 e. The van der Waals surface area contributed by atoms with Gasteiger partial charge in [0, 0.05) is 30.8 Å². The molecule has 0 atom stereocenters. The molecule has 2 amide bonds. The van der Waals surface area contributed by atoms with E-state index in [0.29, 0.717) is 25.1 Å². The van der Waals surface area contributed by atoms with Crippen LogP contribution in [0.2, 0.25) is 0 Å². The van der Waals surface area contributed by atoms with E-state index in [9.17, 15) is 9.59 Å². The zero-order chi connectivity index (χ0) is 17.1. The van der Waals surface area contributed by atoms with Crippen molar-refractivity contribution in [2.45, 2.75) is 31.0 Å². The fraction of sp³-hybridized carbons (Fsp3) is 0.375. The summed E-state index contributed by atoms with van der Waals surface area (Å²) in [5.74, 6) is 0.486. The lowest BCUT2D eigenvalue weighted by atomic mass is 10.1. The average Bonchev–Trinajstić information content (AvgIpc) is 3.12. The predicted molar refractivity (Wildman–Crippen MR) is 95.8 cm³/mol. The monoisotopic (exact) mass is 362 g/mol. The van der Waals surface area contributed by atoms with Crippen LogP contribution in [-0.4, -0.2) is 39.2 Å². The van der Waals surface area contributed by atoms with Gasteiger partial charge in [-0.1, -0.05) is 29.2 Å². The summed E-state index contributed by atoms with van der Waals surface area (Å²) in [6.07, 6.45) is 0.679. The number of aryl methyl sites for hydroxylation is 2. The second-order valence-electron chi connectivity index (χ2n) is 5.58. The summed E-state index contributed by atoms with van der Waals surface area (Å²) in [6, 6.07) is 6.16. The van der Waals surface area contributed by atoms with E-state index < -0.39 is 0 Å². The van der Waals surface area contributed by atoms with Crippen LogP contribution in [0.4, 0.5) is 10.8 Å². The van der Waals surface area contributed by atoms with Crippen LogP contribution in [0.15, 0.2) is 22.5 Å². The summed E-state index contributed by atoms with van der Waals surface area (Å²) < 4.78 is 0.820. The first-order chi connectivity index (χ1) is 11.5. The van der Waals surface area contributed by atoms with E-state index in [-0.39, 0.29) is 11.8 Å². The molecule has 8 heteroatoms. The van der Waals surface area contributed by atoms with Gasteiger partial charge in [-0.15, -0.1) is 10.2 Å². The van der Waals surface area contributed by atoms with Crippen LogP contribution in [0, 0.1) is 13.8 Å². The Morgan fingerprint density at radius 1 is 1.17 bits per heavy atom. The van der Waals surface area contributed by atoms with E-state index in [1.54, 1.807) is 0 Å². The minimum atomic E-state index is -0.0741. The van der Waals surface area contributed by atoms with Gasteiger partial charge in [-0.3, -0.25) is 14.5 Å². The van der Waals surface area contributed by atoms with Crippen molar-refractivity contribution in [3.63, 3.8) is 0 Å². The maximum absolute atomic E-state index is 11.5. The highest BCUT2D eigenvalue weighted by Crippen LogP contribution is 2.28. The molecule has 126 valence electrons. The third-order valence-electron chi connectivity index (χ3n) is 3.86. The van der Waals surface area contributed by atoms with E-state index in [2.05, 4.69) is 41.5 Å². The predicted octanol–water partition coefficient (Wildman–Crippen LogP) is 3.14. The molecule has 0 spiro atoms. The average molecular weight is 362 g/mol. The number of rotatable bonds is 6. The van der Waals surface area contributed by atoms with Crippen molar-refractivity contribution in [3.05, 3.63) is 29.3 Å². The smallest absolute Gasteiger partial charge is 0.229 e. The summed E-state index contributed by atoms with van der Waals surface area (Å²) in [5.41, 5.74) is 3.46. The molecule has 1 aliphatic rings. The molecule has 0 saturated carbocycles. The minimum absolute atomic E-state index is 0.0741. The maximum atomic E-state index is 11.5. The normalized spacial score (nSPS) is 14.5. The van der Waals surface area contributed by atoms with Crippen LogP contribution in [-0.2, 0) is 9.59 Å². The van der Waals surface area contributed by atoms with Crippen molar-refractivity contribution in [3.8, 4) is 0 Å². The quantitative estimate of drug-likeness (QED) is 0.628. The number of hydrogen-bond acceptors (Lipinski definition) is 7. The fourth-order valence-electron chi connectivity index (χ4n) is 2.36. The number of nitrogens with one attached hydrogen (secondary N) is 1. The van der Waals surface area contributed by atoms with Crippen molar-refractivity contribution in [2.75, 3.05) is 17.6 Å². The summed E-state index contributed by atoms with van der Waals surface area (Å²) in [4.78, 5) is 24.4. The lowest BCUT2D eigenvalue weighted by Crippen LogP contribution is -2.31. The highest BCUT2D eigenvalue weighted by molar-refractivity contribution is 8.01. The number of likely N-dealkylation sites (tertiary alicyclic amines) is 1. The van der Waals surface area contributed by atoms with Crippen molar-refractivity contribution < 1.29 is 9.59 Å². The van der Waals surface area contributed by atoms with Crippen LogP contribution < -0.4 is 5.32 Å². The molecule has 2 aromatic rings. The largest absolute Gasteiger partial charge is 0.330 e. The molecule has 6 nitrogen and oxygen atoms in total. The number of hydrogen-bond donors (Lipinski definition) is 1. The van der Waals surface area contributed by atoms with E-state index in [1.165, 1.54) is 39.1 Å². The van der Waals surface area contributed by atoms with E-state index in [4.69, 9.17) is 0 Å². The van der Waals surface area contributed by atoms with Crippen LogP contribution in [0.3, 0.4) is 0 Å². The first-order valence-electron chi connectivity index (χ1n) is 7.67. The molecule has 1 fully saturated rings. The summed E-state index contributed by atoms with van der Waals surface area (Å²) in [6.45, 7) is 4.58. The van der Waals surface area contributed by atoms with Crippen molar-refractivity contribution in [1.29, 1.82) is 0 Å². The fourth-order valence-corrected chi connectivity index (χ4v) is 4.12. The third-order valence-corrected chi connectivity index (χ3v) is 5.81. The first kappa shape index (κ1) is 16.9. The molecule has 0 unspecified atom stereocenters. The number of amides is 2. The highest BCUT2D eigenvalue weighted by Gasteiger charge is 2.28. The van der Waals surface area contributed by atoms with E-state index in [0.717, 1.165) is 15.2 Å². The van der Waals surface area contributed by atoms with Gasteiger partial charge in [0.15, 0.2) is 4.34 Å². The van der Waals surface area contributed by atoms with Gasteiger partial charge in [0.05, 0.1) is 0 Å². The number of aromatic nitrogens is 2. The number of benzene rings is 1. The second-order valence-corrected chi connectivity index (χ2v) is 7.90. The number of nitrogens with zero attached hydrogens (tertiary/aromatic N) is 3. The Kier molecular flexibility index (Phi) is 5.15. The Bertz CT molecular complexity index is 759. The van der Waals surface area contributed by atoms with Gasteiger partial charge in [0.25, 0.3) is 0 Å². The number of anilines is 2. The van der Waals surface area contributed by atoms with Gasteiger partial charge < -0.3 is 5.32 Å². The van der Waals surface area contributed by atoms with Gasteiger partial charge >= 0.3 is 0 Å². The van der Waals surface area contributed by atoms with Crippen LogP contribution in [0.25, 0.3) is 0 Å². The zero-order valence-electron chi connectivity index (χ0n) is 13.5. The Hall–Kier alpha value is -1.93. The van der Waals surface area contributed by atoms with Crippen LogP contribution in [0.1, 0.15) is 24.0 Å². The standard InChI is InChI=1S/C16H18N4O2S2/c1-10-3-4-12(9-11(10)2)17-15-18-19-16(24-15)23-8-7-20-13(21)5-6-14(20)22/h3-4,9H,5-8H2,1-2H3,(H,17,18). The molecule has 1 aromatic carbocycles. The summed E-state index contributed by atoms with van der Waals surface area (Å²) >= 11 is 2.97. The van der Waals surface area contributed by atoms with Crippen LogP contribution >= 0.6 is 23.1 Å². The number of carbonyl (C=O) groups excluding carboxylic acids is 2. The molecule has 0 bridgehead atoms. The number of imide groups is 1. The lowest BCUT2D eigenvalue weighted by Gasteiger charge is -2.11. The molecule has 1 aliphatic heterocycles. The van der Waals surface area contributed by atoms with Crippen molar-refractivity contribution in [1.82, 2.24) is 15.1 Å². The molecule has 0 radical (unpaired) electrons. The van der Waals surface area contributed by atoms with Gasteiger partial charge in [0.2, 0.25) is 16.9 Å². The van der Waals surface area contributed by atoms with Gasteiger partial charge in [0.1, 0.15) is 0 Å². The van der Waals surface area contributed by atoms with E-state index in [1.807, 2.05) is 6.07 Å². The molecule has 0 aliphatic carbocycles. The van der Waals surface area contributed by atoms with Crippen molar-refractivity contribution >= 4 is 45.7 Å². The SMILES string of the molecule is Cc1ccc(Nc2nnc(SCCN3C(=O)CCC3=O)s2)cc1C. The number of thioether (sulfide) groups is 1. The minimum Gasteiger partial charge on any atom is -0.330 e. The molecule has 3 rings (SSSR count). The lowest BCUT2D eigenvalue weighted by molar-refractivity contribution is -0.137. The second kappa shape index (κ2) is 7.31. The topological polar surface area (TPSA) is 75.2 Å². The first-order valence-corrected chi connectivity index (χ1v) is 9.47. The van der Waals surface area contributed by atoms with Gasteiger partial charge in [-0.05, 0) is 37.1 Å². The zero-order valence-corrected chi connectivity index (χ0v) is 15.2. The molecule has 1 saturated heterocycles. The Labute approximate surface area is 148 Å².